The van der Waals surface area contributed by atoms with Crippen molar-refractivity contribution in [1.82, 2.24) is 0 Å². The first-order chi connectivity index (χ1) is 6.29. The van der Waals surface area contributed by atoms with Crippen LogP contribution in [0.25, 0.3) is 0 Å². The van der Waals surface area contributed by atoms with E-state index >= 15 is 0 Å². The van der Waals surface area contributed by atoms with E-state index in [9.17, 15) is 5.11 Å². The summed E-state index contributed by atoms with van der Waals surface area (Å²) >= 11 is 0. The van der Waals surface area contributed by atoms with Gasteiger partial charge in [0, 0.05) is 0 Å². The lowest BCUT2D eigenvalue weighted by atomic mass is 9.93. The summed E-state index contributed by atoms with van der Waals surface area (Å²) in [5.41, 5.74) is 0.888. The van der Waals surface area contributed by atoms with Gasteiger partial charge in [-0.15, -0.1) is 0 Å². The molecule has 0 aliphatic carbocycles. The lowest BCUT2D eigenvalue weighted by Crippen LogP contribution is -2.15. The van der Waals surface area contributed by atoms with Gasteiger partial charge < -0.3 is 5.11 Å². The molecule has 13 heavy (non-hydrogen) atoms. The Labute approximate surface area is 78.4 Å². The molecular formula is C11H13NO. The van der Waals surface area contributed by atoms with Crippen LogP contribution in [-0.2, 0) is 0 Å². The number of nitrogens with zero attached hydrogens (tertiary/aromatic N) is 1. The molecule has 0 fully saturated rings. The lowest BCUT2D eigenvalue weighted by Gasteiger charge is -2.14. The number of aliphatic hydroxyl groups is 1. The Balaban J connectivity index is 2.86. The fourth-order valence-corrected chi connectivity index (χ4v) is 1.28. The van der Waals surface area contributed by atoms with Gasteiger partial charge in [0.25, 0.3) is 0 Å². The highest BCUT2D eigenvalue weighted by atomic mass is 16.3. The van der Waals surface area contributed by atoms with Gasteiger partial charge in [0.1, 0.15) is 0 Å². The lowest BCUT2D eigenvalue weighted by molar-refractivity contribution is 0.157. The summed E-state index contributed by atoms with van der Waals surface area (Å²) in [6, 6.07) is 11.5. The Hall–Kier alpha value is -1.33. The van der Waals surface area contributed by atoms with Crippen LogP contribution in [0.1, 0.15) is 24.8 Å². The maximum atomic E-state index is 9.55. The minimum Gasteiger partial charge on any atom is -0.391 e. The molecule has 0 amide bonds. The molecule has 1 N–H and O–H groups in total. The highest BCUT2D eigenvalue weighted by molar-refractivity contribution is 5.25. The molecule has 2 heteroatoms. The molecule has 0 saturated carbocycles. The summed E-state index contributed by atoms with van der Waals surface area (Å²) in [7, 11) is 0. The molecule has 0 spiro atoms. The molecule has 0 radical (unpaired) electrons. The van der Waals surface area contributed by atoms with E-state index < -0.39 is 12.0 Å². The zero-order valence-corrected chi connectivity index (χ0v) is 7.64. The third-order valence-electron chi connectivity index (χ3n) is 2.10. The highest BCUT2D eigenvalue weighted by Crippen LogP contribution is 2.20. The number of nitriles is 1. The summed E-state index contributed by atoms with van der Waals surface area (Å²) in [6.45, 7) is 1.87. The molecule has 1 rings (SSSR count). The average Bonchev–Trinajstić information content (AvgIpc) is 2.20. The van der Waals surface area contributed by atoms with Crippen molar-refractivity contribution in [3.05, 3.63) is 35.9 Å². The van der Waals surface area contributed by atoms with Gasteiger partial charge >= 0.3 is 0 Å². The Kier molecular flexibility index (Phi) is 3.48. The Morgan fingerprint density at radius 2 is 2.00 bits per heavy atom. The van der Waals surface area contributed by atoms with Crippen LogP contribution >= 0.6 is 0 Å². The van der Waals surface area contributed by atoms with Crippen LogP contribution < -0.4 is 0 Å². The number of rotatable bonds is 3. The topological polar surface area (TPSA) is 44.0 Å². The number of benzene rings is 1. The molecular weight excluding hydrogens is 162 g/mol. The second-order valence-corrected chi connectivity index (χ2v) is 2.99. The molecule has 1 aromatic rings. The first kappa shape index (κ1) is 9.76. The van der Waals surface area contributed by atoms with Gasteiger partial charge in [-0.2, -0.15) is 5.26 Å². The fourth-order valence-electron chi connectivity index (χ4n) is 1.28. The summed E-state index contributed by atoms with van der Waals surface area (Å²) < 4.78 is 0. The molecule has 0 aliphatic rings. The summed E-state index contributed by atoms with van der Waals surface area (Å²) in [5.74, 6) is -0.397. The predicted molar refractivity (Wildman–Crippen MR) is 51.1 cm³/mol. The van der Waals surface area contributed by atoms with E-state index in [0.29, 0.717) is 6.42 Å². The van der Waals surface area contributed by atoms with E-state index in [1.165, 1.54) is 0 Å². The van der Waals surface area contributed by atoms with Crippen molar-refractivity contribution in [2.24, 2.45) is 0 Å². The van der Waals surface area contributed by atoms with Crippen LogP contribution in [0.2, 0.25) is 0 Å². The molecule has 2 atom stereocenters. The Morgan fingerprint density at radius 3 is 2.46 bits per heavy atom. The van der Waals surface area contributed by atoms with Crippen molar-refractivity contribution >= 4 is 0 Å². The largest absolute Gasteiger partial charge is 0.391 e. The fraction of sp³-hybridized carbons (Fsp3) is 0.364. The van der Waals surface area contributed by atoms with Crippen LogP contribution in [0.15, 0.2) is 30.3 Å². The molecule has 0 aromatic heterocycles. The summed E-state index contributed by atoms with van der Waals surface area (Å²) in [6.07, 6.45) is 0.0417. The third-order valence-corrected chi connectivity index (χ3v) is 2.10. The second kappa shape index (κ2) is 4.64. The van der Waals surface area contributed by atoms with Crippen LogP contribution in [0.4, 0.5) is 0 Å². The van der Waals surface area contributed by atoms with Crippen molar-refractivity contribution in [3.8, 4) is 6.07 Å². The average molecular weight is 175 g/mol. The maximum absolute atomic E-state index is 9.55. The molecule has 1 aromatic carbocycles. The molecule has 0 aliphatic heterocycles. The van der Waals surface area contributed by atoms with Crippen molar-refractivity contribution < 1.29 is 5.11 Å². The van der Waals surface area contributed by atoms with Crippen molar-refractivity contribution in [2.75, 3.05) is 0 Å². The molecule has 0 heterocycles. The van der Waals surface area contributed by atoms with Crippen molar-refractivity contribution in [1.29, 1.82) is 5.26 Å². The highest BCUT2D eigenvalue weighted by Gasteiger charge is 2.18. The van der Waals surface area contributed by atoms with Gasteiger partial charge in [0.15, 0.2) is 0 Å². The van der Waals surface area contributed by atoms with E-state index in [0.717, 1.165) is 5.56 Å². The van der Waals surface area contributed by atoms with Gasteiger partial charge in [-0.3, -0.25) is 0 Å². The van der Waals surface area contributed by atoms with Crippen molar-refractivity contribution in [2.45, 2.75) is 25.4 Å². The van der Waals surface area contributed by atoms with E-state index in [-0.39, 0.29) is 0 Å². The predicted octanol–water partition coefficient (Wildman–Crippen LogP) is 2.06. The van der Waals surface area contributed by atoms with Crippen molar-refractivity contribution in [3.63, 3.8) is 0 Å². The van der Waals surface area contributed by atoms with Gasteiger partial charge in [0.2, 0.25) is 0 Å². The zero-order chi connectivity index (χ0) is 9.68. The normalized spacial score (nSPS) is 14.5. The van der Waals surface area contributed by atoms with E-state index in [4.69, 9.17) is 5.26 Å². The van der Waals surface area contributed by atoms with Crippen LogP contribution in [0, 0.1) is 11.3 Å². The Morgan fingerprint density at radius 1 is 1.38 bits per heavy atom. The third kappa shape index (κ3) is 2.30. The first-order valence-corrected chi connectivity index (χ1v) is 4.42. The quantitative estimate of drug-likeness (QED) is 0.764. The monoisotopic (exact) mass is 175 g/mol. The smallest absolute Gasteiger partial charge is 0.0971 e. The number of hydrogen-bond donors (Lipinski definition) is 1. The van der Waals surface area contributed by atoms with Gasteiger partial charge in [-0.25, -0.2) is 0 Å². The molecule has 0 unspecified atom stereocenters. The molecule has 0 bridgehead atoms. The molecule has 0 saturated heterocycles. The standard InChI is InChI=1S/C11H13NO/c1-2-11(13)10(8-12)9-6-4-3-5-7-9/h3-7,10-11,13H,2H2,1H3/t10-,11-/m0/s1. The SMILES string of the molecule is CC[C@H](O)[C@@H](C#N)c1ccccc1. The maximum Gasteiger partial charge on any atom is 0.0971 e. The minimum absolute atomic E-state index is 0.397. The van der Waals surface area contributed by atoms with E-state index in [1.54, 1.807) is 0 Å². The first-order valence-electron chi connectivity index (χ1n) is 4.42. The van der Waals surface area contributed by atoms with Gasteiger partial charge in [-0.05, 0) is 12.0 Å². The Bertz CT molecular complexity index is 289. The van der Waals surface area contributed by atoms with Crippen LogP contribution in [0.3, 0.4) is 0 Å². The second-order valence-electron chi connectivity index (χ2n) is 2.99. The van der Waals surface area contributed by atoms with Gasteiger partial charge in [0.05, 0.1) is 18.1 Å². The minimum atomic E-state index is -0.563. The molecule has 68 valence electrons. The molecule has 2 nitrogen and oxygen atoms in total. The summed E-state index contributed by atoms with van der Waals surface area (Å²) in [4.78, 5) is 0. The van der Waals surface area contributed by atoms with E-state index in [2.05, 4.69) is 6.07 Å². The number of hydrogen-bond acceptors (Lipinski definition) is 2. The van der Waals surface area contributed by atoms with E-state index in [1.807, 2.05) is 37.3 Å². The van der Waals surface area contributed by atoms with Gasteiger partial charge in [-0.1, -0.05) is 37.3 Å². The summed E-state index contributed by atoms with van der Waals surface area (Å²) in [5, 5.41) is 18.4. The van der Waals surface area contributed by atoms with Crippen LogP contribution in [0.5, 0.6) is 0 Å². The zero-order valence-electron chi connectivity index (χ0n) is 7.64. The number of aliphatic hydroxyl groups excluding tert-OH is 1. The van der Waals surface area contributed by atoms with Crippen LogP contribution in [-0.4, -0.2) is 11.2 Å².